The molecule has 0 bridgehead atoms. The molecule has 2 rings (SSSR count). The molecule has 1 aromatic heterocycles. The molecule has 0 fully saturated rings. The summed E-state index contributed by atoms with van der Waals surface area (Å²) in [7, 11) is 3.53. The van der Waals surface area contributed by atoms with Crippen LogP contribution in [0.25, 0.3) is 0 Å². The van der Waals surface area contributed by atoms with E-state index in [0.29, 0.717) is 39.5 Å². The number of hydrogen-bond donors (Lipinski definition) is 0. The molecule has 1 atom stereocenters. The van der Waals surface area contributed by atoms with Crippen LogP contribution in [0.1, 0.15) is 34.4 Å². The SMILES string of the molecule is CCc1c(C#N)c(SC(C=O)c2ccc(F)cc2)nc(N(C)C)c1C#N. The number of pyridine rings is 1. The number of benzene rings is 1. The average molecular weight is 368 g/mol. The van der Waals surface area contributed by atoms with Crippen molar-refractivity contribution in [2.24, 2.45) is 0 Å². The van der Waals surface area contributed by atoms with Gasteiger partial charge in [0.15, 0.2) is 0 Å². The maximum absolute atomic E-state index is 13.1. The van der Waals surface area contributed by atoms with Gasteiger partial charge in [0.1, 0.15) is 35.1 Å². The van der Waals surface area contributed by atoms with E-state index in [0.717, 1.165) is 18.0 Å². The highest BCUT2D eigenvalue weighted by atomic mass is 32.2. The van der Waals surface area contributed by atoms with Crippen molar-refractivity contribution < 1.29 is 9.18 Å². The molecule has 0 N–H and O–H groups in total. The summed E-state index contributed by atoms with van der Waals surface area (Å²) in [5, 5.41) is 18.9. The zero-order chi connectivity index (χ0) is 19.3. The Labute approximate surface area is 156 Å². The number of halogens is 1. The molecule has 0 saturated carbocycles. The Morgan fingerprint density at radius 2 is 1.85 bits per heavy atom. The van der Waals surface area contributed by atoms with Gasteiger partial charge in [0.05, 0.1) is 16.4 Å². The van der Waals surface area contributed by atoms with Crippen LogP contribution >= 0.6 is 11.8 Å². The summed E-state index contributed by atoms with van der Waals surface area (Å²) in [6.45, 7) is 1.86. The van der Waals surface area contributed by atoms with Crippen molar-refractivity contribution in [2.75, 3.05) is 19.0 Å². The molecule has 0 amide bonds. The van der Waals surface area contributed by atoms with Crippen molar-refractivity contribution in [3.8, 4) is 12.1 Å². The van der Waals surface area contributed by atoms with Gasteiger partial charge in [0.2, 0.25) is 0 Å². The number of rotatable bonds is 6. The standard InChI is InChI=1S/C19H17FN4OS/c1-4-14-15(9-21)18(24(2)3)23-19(16(14)10-22)26-17(11-25)12-5-7-13(20)8-6-12/h5-8,11,17H,4H2,1-3H3. The van der Waals surface area contributed by atoms with E-state index in [1.165, 1.54) is 24.3 Å². The summed E-state index contributed by atoms with van der Waals surface area (Å²) in [5.74, 6) is 0.0652. The number of hydrogen-bond acceptors (Lipinski definition) is 6. The van der Waals surface area contributed by atoms with Crippen molar-refractivity contribution in [2.45, 2.75) is 23.6 Å². The highest BCUT2D eigenvalue weighted by Crippen LogP contribution is 2.38. The van der Waals surface area contributed by atoms with Crippen LogP contribution in [0.4, 0.5) is 10.2 Å². The monoisotopic (exact) mass is 368 g/mol. The zero-order valence-corrected chi connectivity index (χ0v) is 15.5. The number of carbonyl (C=O) groups excluding carboxylic acids is 1. The van der Waals surface area contributed by atoms with Crippen LogP contribution in [0.15, 0.2) is 29.3 Å². The predicted molar refractivity (Wildman–Crippen MR) is 98.4 cm³/mol. The first-order valence-corrected chi connectivity index (χ1v) is 8.76. The Morgan fingerprint density at radius 1 is 1.23 bits per heavy atom. The molecule has 1 unspecified atom stereocenters. The fourth-order valence-electron chi connectivity index (χ4n) is 2.54. The lowest BCUT2D eigenvalue weighted by molar-refractivity contribution is -0.107. The van der Waals surface area contributed by atoms with E-state index >= 15 is 0 Å². The Bertz CT molecular complexity index is 898. The van der Waals surface area contributed by atoms with Gasteiger partial charge in [0.25, 0.3) is 0 Å². The Balaban J connectivity index is 2.59. The van der Waals surface area contributed by atoms with E-state index < -0.39 is 5.25 Å². The first-order valence-electron chi connectivity index (χ1n) is 7.88. The average Bonchev–Trinajstić information content (AvgIpc) is 2.65. The molecule has 0 radical (unpaired) electrons. The number of thioether (sulfide) groups is 1. The largest absolute Gasteiger partial charge is 0.362 e. The molecular weight excluding hydrogens is 351 g/mol. The van der Waals surface area contributed by atoms with E-state index in [1.54, 1.807) is 19.0 Å². The van der Waals surface area contributed by atoms with Gasteiger partial charge < -0.3 is 9.69 Å². The van der Waals surface area contributed by atoms with Crippen molar-refractivity contribution in [3.05, 3.63) is 52.3 Å². The summed E-state index contributed by atoms with van der Waals surface area (Å²) in [6.07, 6.45) is 1.23. The smallest absolute Gasteiger partial charge is 0.147 e. The highest BCUT2D eigenvalue weighted by molar-refractivity contribution is 8.00. The number of aromatic nitrogens is 1. The van der Waals surface area contributed by atoms with Gasteiger partial charge in [-0.2, -0.15) is 10.5 Å². The van der Waals surface area contributed by atoms with Gasteiger partial charge in [-0.3, -0.25) is 0 Å². The van der Waals surface area contributed by atoms with E-state index in [-0.39, 0.29) is 5.82 Å². The molecular formula is C19H17FN4OS. The maximum atomic E-state index is 13.1. The topological polar surface area (TPSA) is 80.8 Å². The molecule has 0 saturated heterocycles. The third-order valence-corrected chi connectivity index (χ3v) is 4.97. The molecule has 0 aliphatic rings. The van der Waals surface area contributed by atoms with Crippen molar-refractivity contribution in [1.29, 1.82) is 10.5 Å². The van der Waals surface area contributed by atoms with Gasteiger partial charge in [-0.15, -0.1) is 0 Å². The molecule has 0 spiro atoms. The molecule has 1 aromatic carbocycles. The van der Waals surface area contributed by atoms with Crippen molar-refractivity contribution in [1.82, 2.24) is 4.98 Å². The first kappa shape index (κ1) is 19.4. The van der Waals surface area contributed by atoms with Crippen LogP contribution in [0.5, 0.6) is 0 Å². The van der Waals surface area contributed by atoms with Gasteiger partial charge >= 0.3 is 0 Å². The second kappa shape index (κ2) is 8.46. The van der Waals surface area contributed by atoms with E-state index in [1.807, 2.05) is 6.92 Å². The molecule has 0 aliphatic carbocycles. The highest BCUT2D eigenvalue weighted by Gasteiger charge is 2.23. The summed E-state index contributed by atoms with van der Waals surface area (Å²) >= 11 is 1.12. The van der Waals surface area contributed by atoms with Gasteiger partial charge in [-0.1, -0.05) is 30.8 Å². The Morgan fingerprint density at radius 3 is 2.31 bits per heavy atom. The van der Waals surface area contributed by atoms with E-state index in [4.69, 9.17) is 0 Å². The number of nitrogens with zero attached hydrogens (tertiary/aromatic N) is 4. The number of aldehydes is 1. The van der Waals surface area contributed by atoms with E-state index in [9.17, 15) is 19.7 Å². The normalized spacial score (nSPS) is 11.3. The maximum Gasteiger partial charge on any atom is 0.147 e. The molecule has 2 aromatic rings. The number of nitriles is 2. The Hall–Kier alpha value is -2.90. The third kappa shape index (κ3) is 3.84. The van der Waals surface area contributed by atoms with Crippen LogP contribution in [0.2, 0.25) is 0 Å². The van der Waals surface area contributed by atoms with Gasteiger partial charge in [-0.25, -0.2) is 9.37 Å². The van der Waals surface area contributed by atoms with E-state index in [2.05, 4.69) is 17.1 Å². The summed E-state index contributed by atoms with van der Waals surface area (Å²) < 4.78 is 13.1. The lowest BCUT2D eigenvalue weighted by Gasteiger charge is -2.19. The van der Waals surface area contributed by atoms with Crippen LogP contribution in [-0.2, 0) is 11.2 Å². The minimum atomic E-state index is -0.636. The fourth-order valence-corrected chi connectivity index (χ4v) is 3.55. The lowest BCUT2D eigenvalue weighted by Crippen LogP contribution is -2.16. The second-order valence-electron chi connectivity index (χ2n) is 5.67. The lowest BCUT2D eigenvalue weighted by atomic mass is 10.0. The number of anilines is 1. The molecule has 7 heteroatoms. The Kier molecular flexibility index (Phi) is 6.32. The zero-order valence-electron chi connectivity index (χ0n) is 14.7. The van der Waals surface area contributed by atoms with Gasteiger partial charge in [0, 0.05) is 14.1 Å². The molecule has 0 aliphatic heterocycles. The second-order valence-corrected chi connectivity index (χ2v) is 6.80. The molecule has 26 heavy (non-hydrogen) atoms. The van der Waals surface area contributed by atoms with Crippen molar-refractivity contribution >= 4 is 23.9 Å². The number of carbonyl (C=O) groups is 1. The van der Waals surface area contributed by atoms with Crippen molar-refractivity contribution in [3.63, 3.8) is 0 Å². The predicted octanol–water partition coefficient (Wildman–Crippen LogP) is 3.62. The molecule has 5 nitrogen and oxygen atoms in total. The summed E-state index contributed by atoms with van der Waals surface area (Å²) in [6, 6.07) is 9.88. The quantitative estimate of drug-likeness (QED) is 0.572. The first-order chi connectivity index (χ1) is 12.5. The molecule has 132 valence electrons. The van der Waals surface area contributed by atoms with Crippen LogP contribution in [0, 0.1) is 28.5 Å². The van der Waals surface area contributed by atoms with Gasteiger partial charge in [-0.05, 0) is 29.7 Å². The summed E-state index contributed by atoms with van der Waals surface area (Å²) in [5.41, 5.74) is 1.89. The minimum absolute atomic E-state index is 0.300. The summed E-state index contributed by atoms with van der Waals surface area (Å²) in [4.78, 5) is 17.8. The molecule has 1 heterocycles. The fraction of sp³-hybridized carbons (Fsp3) is 0.263. The third-order valence-electron chi connectivity index (χ3n) is 3.81. The van der Waals surface area contributed by atoms with Crippen LogP contribution in [0.3, 0.4) is 0 Å². The van der Waals surface area contributed by atoms with Crippen LogP contribution in [-0.4, -0.2) is 25.4 Å². The minimum Gasteiger partial charge on any atom is -0.362 e. The van der Waals surface area contributed by atoms with Crippen LogP contribution < -0.4 is 4.90 Å².